The van der Waals surface area contributed by atoms with Crippen molar-refractivity contribution in [3.8, 4) is 0 Å². The molecular formula is C9H21N3S. The first-order valence-electron chi connectivity index (χ1n) is 4.88. The van der Waals surface area contributed by atoms with Crippen LogP contribution in [0.25, 0.3) is 0 Å². The first-order valence-corrected chi connectivity index (χ1v) is 6.06. The summed E-state index contributed by atoms with van der Waals surface area (Å²) in [5, 5.41) is 0. The molecule has 0 aromatic carbocycles. The molecule has 0 aliphatic carbocycles. The standard InChI is InChI=1S/C9H21N3S/c1-10(2)4-5-11-6-8-12(13-3)9-7-11/h4-9H2,1-3H3. The molecule has 0 atom stereocenters. The lowest BCUT2D eigenvalue weighted by atomic mass is 10.3. The molecule has 0 aromatic heterocycles. The summed E-state index contributed by atoms with van der Waals surface area (Å²) in [6, 6.07) is 0. The van der Waals surface area contributed by atoms with E-state index in [1.807, 2.05) is 11.9 Å². The zero-order chi connectivity index (χ0) is 9.68. The molecule has 0 spiro atoms. The largest absolute Gasteiger partial charge is 0.308 e. The van der Waals surface area contributed by atoms with E-state index in [1.165, 1.54) is 39.3 Å². The number of hydrogen-bond donors (Lipinski definition) is 0. The fraction of sp³-hybridized carbons (Fsp3) is 1.00. The van der Waals surface area contributed by atoms with Crippen molar-refractivity contribution in [1.29, 1.82) is 0 Å². The van der Waals surface area contributed by atoms with Crippen molar-refractivity contribution in [2.45, 2.75) is 0 Å². The maximum Gasteiger partial charge on any atom is 0.0218 e. The molecule has 1 aliphatic rings. The Kier molecular flexibility index (Phi) is 5.09. The van der Waals surface area contributed by atoms with Gasteiger partial charge in [0.25, 0.3) is 0 Å². The normalized spacial score (nSPS) is 21.2. The van der Waals surface area contributed by atoms with E-state index < -0.39 is 0 Å². The number of rotatable bonds is 4. The summed E-state index contributed by atoms with van der Waals surface area (Å²) in [6.07, 6.45) is 2.16. The molecule has 0 radical (unpaired) electrons. The highest BCUT2D eigenvalue weighted by molar-refractivity contribution is 7.96. The second-order valence-corrected chi connectivity index (χ2v) is 4.64. The number of nitrogens with zero attached hydrogens (tertiary/aromatic N) is 3. The van der Waals surface area contributed by atoms with Gasteiger partial charge in [0, 0.05) is 39.3 Å². The van der Waals surface area contributed by atoms with Crippen LogP contribution in [0.4, 0.5) is 0 Å². The predicted molar refractivity (Wildman–Crippen MR) is 60.1 cm³/mol. The van der Waals surface area contributed by atoms with Gasteiger partial charge in [0.05, 0.1) is 0 Å². The van der Waals surface area contributed by atoms with Crippen LogP contribution in [-0.4, -0.2) is 73.7 Å². The van der Waals surface area contributed by atoms with E-state index in [4.69, 9.17) is 0 Å². The van der Waals surface area contributed by atoms with Gasteiger partial charge in [-0.1, -0.05) is 11.9 Å². The van der Waals surface area contributed by atoms with Crippen LogP contribution in [0.1, 0.15) is 0 Å². The summed E-state index contributed by atoms with van der Waals surface area (Å²) in [5.41, 5.74) is 0. The van der Waals surface area contributed by atoms with E-state index in [0.717, 1.165) is 0 Å². The summed E-state index contributed by atoms with van der Waals surface area (Å²) in [7, 11) is 4.27. The third-order valence-electron chi connectivity index (χ3n) is 2.45. The Balaban J connectivity index is 2.10. The van der Waals surface area contributed by atoms with Crippen molar-refractivity contribution in [3.63, 3.8) is 0 Å². The average molecular weight is 203 g/mol. The Hall–Kier alpha value is 0.230. The monoisotopic (exact) mass is 203 g/mol. The van der Waals surface area contributed by atoms with Crippen LogP contribution < -0.4 is 0 Å². The van der Waals surface area contributed by atoms with Crippen molar-refractivity contribution >= 4 is 11.9 Å². The Labute approximate surface area is 86.2 Å². The Morgan fingerprint density at radius 3 is 2.23 bits per heavy atom. The maximum absolute atomic E-state index is 2.55. The molecular weight excluding hydrogens is 182 g/mol. The van der Waals surface area contributed by atoms with Gasteiger partial charge in [-0.25, -0.2) is 4.31 Å². The van der Waals surface area contributed by atoms with E-state index >= 15 is 0 Å². The first kappa shape index (κ1) is 11.3. The minimum Gasteiger partial charge on any atom is -0.308 e. The molecule has 4 heteroatoms. The highest BCUT2D eigenvalue weighted by atomic mass is 32.2. The van der Waals surface area contributed by atoms with Gasteiger partial charge < -0.3 is 4.90 Å². The third-order valence-corrected chi connectivity index (χ3v) is 3.33. The van der Waals surface area contributed by atoms with Crippen LogP contribution in [0, 0.1) is 0 Å². The van der Waals surface area contributed by atoms with Crippen molar-refractivity contribution in [2.24, 2.45) is 0 Å². The minimum atomic E-state index is 1.18. The van der Waals surface area contributed by atoms with Crippen LogP contribution in [0.15, 0.2) is 0 Å². The number of likely N-dealkylation sites (N-methyl/N-ethyl adjacent to an activating group) is 1. The van der Waals surface area contributed by atoms with Gasteiger partial charge in [0.2, 0.25) is 0 Å². The van der Waals surface area contributed by atoms with Gasteiger partial charge in [0.1, 0.15) is 0 Å². The lowest BCUT2D eigenvalue weighted by Crippen LogP contribution is -2.45. The molecule has 1 saturated heterocycles. The van der Waals surface area contributed by atoms with Crippen molar-refractivity contribution in [1.82, 2.24) is 14.1 Å². The minimum absolute atomic E-state index is 1.18. The summed E-state index contributed by atoms with van der Waals surface area (Å²) in [5.74, 6) is 0. The van der Waals surface area contributed by atoms with Crippen molar-refractivity contribution in [2.75, 3.05) is 59.6 Å². The molecule has 1 fully saturated rings. The molecule has 0 saturated carbocycles. The lowest BCUT2D eigenvalue weighted by Gasteiger charge is -2.33. The molecule has 0 unspecified atom stereocenters. The first-order chi connectivity index (χ1) is 6.22. The van der Waals surface area contributed by atoms with Crippen LogP contribution in [-0.2, 0) is 0 Å². The Morgan fingerprint density at radius 2 is 1.77 bits per heavy atom. The second-order valence-electron chi connectivity index (χ2n) is 3.76. The fourth-order valence-electron chi connectivity index (χ4n) is 1.48. The zero-order valence-corrected chi connectivity index (χ0v) is 9.81. The molecule has 1 heterocycles. The Morgan fingerprint density at radius 1 is 1.15 bits per heavy atom. The van der Waals surface area contributed by atoms with E-state index in [1.54, 1.807) is 0 Å². The summed E-state index contributed by atoms with van der Waals surface area (Å²) in [6.45, 7) is 7.29. The topological polar surface area (TPSA) is 9.72 Å². The molecule has 0 amide bonds. The average Bonchev–Trinajstić information content (AvgIpc) is 2.15. The van der Waals surface area contributed by atoms with E-state index in [-0.39, 0.29) is 0 Å². The molecule has 3 nitrogen and oxygen atoms in total. The van der Waals surface area contributed by atoms with E-state index in [9.17, 15) is 0 Å². The molecule has 1 aliphatic heterocycles. The zero-order valence-electron chi connectivity index (χ0n) is 8.99. The molecule has 78 valence electrons. The highest BCUT2D eigenvalue weighted by Gasteiger charge is 2.15. The summed E-state index contributed by atoms with van der Waals surface area (Å²) >= 11 is 1.87. The van der Waals surface area contributed by atoms with Gasteiger partial charge in [-0.3, -0.25) is 4.90 Å². The molecule has 0 bridgehead atoms. The summed E-state index contributed by atoms with van der Waals surface area (Å²) in [4.78, 5) is 4.80. The van der Waals surface area contributed by atoms with E-state index in [0.29, 0.717) is 0 Å². The molecule has 1 rings (SSSR count). The smallest absolute Gasteiger partial charge is 0.0218 e. The highest BCUT2D eigenvalue weighted by Crippen LogP contribution is 2.09. The van der Waals surface area contributed by atoms with Gasteiger partial charge in [-0.2, -0.15) is 0 Å². The number of hydrogen-bond acceptors (Lipinski definition) is 4. The summed E-state index contributed by atoms with van der Waals surface area (Å²) < 4.78 is 2.44. The van der Waals surface area contributed by atoms with E-state index in [2.05, 4.69) is 34.5 Å². The van der Waals surface area contributed by atoms with Gasteiger partial charge >= 0.3 is 0 Å². The van der Waals surface area contributed by atoms with Gasteiger partial charge in [-0.15, -0.1) is 0 Å². The van der Waals surface area contributed by atoms with Crippen molar-refractivity contribution in [3.05, 3.63) is 0 Å². The van der Waals surface area contributed by atoms with Crippen LogP contribution in [0.2, 0.25) is 0 Å². The maximum atomic E-state index is 2.55. The second kappa shape index (κ2) is 5.86. The van der Waals surface area contributed by atoms with Crippen LogP contribution in [0.5, 0.6) is 0 Å². The predicted octanol–water partition coefficient (Wildman–Crippen LogP) is 0.444. The quantitative estimate of drug-likeness (QED) is 0.613. The van der Waals surface area contributed by atoms with Gasteiger partial charge in [0.15, 0.2) is 0 Å². The lowest BCUT2D eigenvalue weighted by molar-refractivity contribution is 0.181. The van der Waals surface area contributed by atoms with Gasteiger partial charge in [-0.05, 0) is 20.4 Å². The Bertz CT molecular complexity index is 133. The van der Waals surface area contributed by atoms with Crippen LogP contribution in [0.3, 0.4) is 0 Å². The van der Waals surface area contributed by atoms with Crippen LogP contribution >= 0.6 is 11.9 Å². The van der Waals surface area contributed by atoms with Crippen molar-refractivity contribution < 1.29 is 0 Å². The fourth-order valence-corrected chi connectivity index (χ4v) is 2.01. The molecule has 13 heavy (non-hydrogen) atoms. The molecule has 0 aromatic rings. The third kappa shape index (κ3) is 4.31. The SMILES string of the molecule is CSN1CCN(CCN(C)C)CC1. The number of piperazine rings is 1. The molecule has 0 N–H and O–H groups in total.